The first-order chi connectivity index (χ1) is 12.0. The third-order valence-electron chi connectivity index (χ3n) is 4.93. The van der Waals surface area contributed by atoms with Crippen molar-refractivity contribution in [1.29, 1.82) is 0 Å². The van der Waals surface area contributed by atoms with Gasteiger partial charge in [0.05, 0.1) is 12.6 Å². The Balaban J connectivity index is 1.43. The molecule has 2 N–H and O–H groups in total. The van der Waals surface area contributed by atoms with Crippen molar-refractivity contribution in [2.24, 2.45) is 0 Å². The number of piperazine rings is 1. The molecule has 0 radical (unpaired) electrons. The molecule has 1 atom stereocenters. The van der Waals surface area contributed by atoms with Gasteiger partial charge in [0.25, 0.3) is 0 Å². The molecule has 3 rings (SSSR count). The summed E-state index contributed by atoms with van der Waals surface area (Å²) in [6.07, 6.45) is 2.24. The van der Waals surface area contributed by atoms with Crippen molar-refractivity contribution in [3.8, 4) is 0 Å². The van der Waals surface area contributed by atoms with Gasteiger partial charge in [0.1, 0.15) is 0 Å². The summed E-state index contributed by atoms with van der Waals surface area (Å²) in [4.78, 5) is 28.7. The van der Waals surface area contributed by atoms with Crippen molar-refractivity contribution >= 4 is 17.5 Å². The van der Waals surface area contributed by atoms with E-state index in [9.17, 15) is 9.59 Å². The van der Waals surface area contributed by atoms with Gasteiger partial charge in [-0.1, -0.05) is 12.1 Å². The number of nitrogens with one attached hydrogen (secondary N) is 2. The second-order valence-corrected chi connectivity index (χ2v) is 7.19. The van der Waals surface area contributed by atoms with E-state index in [1.165, 1.54) is 0 Å². The molecular formula is C19H28N4O2. The molecule has 0 spiro atoms. The van der Waals surface area contributed by atoms with Gasteiger partial charge in [-0.3, -0.25) is 19.4 Å². The molecule has 25 heavy (non-hydrogen) atoms. The lowest BCUT2D eigenvalue weighted by atomic mass is 10.2. The molecule has 2 amide bonds. The first kappa shape index (κ1) is 17.9. The highest BCUT2D eigenvalue weighted by molar-refractivity contribution is 5.94. The lowest BCUT2D eigenvalue weighted by Gasteiger charge is -2.37. The number of benzene rings is 1. The van der Waals surface area contributed by atoms with Crippen LogP contribution in [0.4, 0.5) is 5.69 Å². The topological polar surface area (TPSA) is 64.7 Å². The lowest BCUT2D eigenvalue weighted by molar-refractivity contribution is -0.124. The van der Waals surface area contributed by atoms with Crippen LogP contribution in [0.25, 0.3) is 0 Å². The smallest absolute Gasteiger partial charge is 0.241 e. The van der Waals surface area contributed by atoms with Crippen LogP contribution < -0.4 is 10.6 Å². The highest BCUT2D eigenvalue weighted by atomic mass is 16.2. The molecule has 1 aromatic carbocycles. The first-order valence-corrected chi connectivity index (χ1v) is 9.14. The van der Waals surface area contributed by atoms with Crippen molar-refractivity contribution in [2.45, 2.75) is 38.8 Å². The monoisotopic (exact) mass is 344 g/mol. The van der Waals surface area contributed by atoms with Crippen molar-refractivity contribution in [2.75, 3.05) is 38.0 Å². The standard InChI is InChI=1S/C19H28N4O2/c1-14-4-3-5-17(12-14)21-19(25)15(2)23-10-8-22(9-11-23)13-18(24)20-16-6-7-16/h3-5,12,15-16H,6-11,13H2,1-2H3,(H,20,24)(H,21,25)/t15-/m1/s1. The SMILES string of the molecule is Cc1cccc(NC(=O)[C@@H](C)N2CCN(CC(=O)NC3CC3)CC2)c1. The van der Waals surface area contributed by atoms with E-state index < -0.39 is 0 Å². The van der Waals surface area contributed by atoms with Gasteiger partial charge in [0, 0.05) is 37.9 Å². The molecule has 6 nitrogen and oxygen atoms in total. The summed E-state index contributed by atoms with van der Waals surface area (Å²) in [5.74, 6) is 0.145. The fourth-order valence-electron chi connectivity index (χ4n) is 3.15. The summed E-state index contributed by atoms with van der Waals surface area (Å²) in [5, 5.41) is 6.02. The minimum Gasteiger partial charge on any atom is -0.352 e. The summed E-state index contributed by atoms with van der Waals surface area (Å²) in [6, 6.07) is 8.08. The van der Waals surface area contributed by atoms with Crippen molar-refractivity contribution < 1.29 is 9.59 Å². The Morgan fingerprint density at radius 1 is 1.20 bits per heavy atom. The molecule has 2 aliphatic rings. The molecule has 136 valence electrons. The number of aryl methyl sites for hydroxylation is 1. The fourth-order valence-corrected chi connectivity index (χ4v) is 3.15. The van der Waals surface area contributed by atoms with Crippen LogP contribution in [-0.2, 0) is 9.59 Å². The average Bonchev–Trinajstić information content (AvgIpc) is 3.38. The Kier molecular flexibility index (Phi) is 5.71. The maximum absolute atomic E-state index is 12.5. The van der Waals surface area contributed by atoms with E-state index in [1.54, 1.807) is 0 Å². The molecule has 2 fully saturated rings. The first-order valence-electron chi connectivity index (χ1n) is 9.14. The van der Waals surface area contributed by atoms with Gasteiger partial charge in [-0.2, -0.15) is 0 Å². The molecule has 1 saturated heterocycles. The second kappa shape index (κ2) is 7.97. The van der Waals surface area contributed by atoms with Crippen molar-refractivity contribution in [3.05, 3.63) is 29.8 Å². The second-order valence-electron chi connectivity index (χ2n) is 7.19. The van der Waals surface area contributed by atoms with E-state index >= 15 is 0 Å². The minimum atomic E-state index is -0.178. The number of carbonyl (C=O) groups is 2. The molecule has 6 heteroatoms. The van der Waals surface area contributed by atoms with Gasteiger partial charge in [-0.15, -0.1) is 0 Å². The number of hydrogen-bond acceptors (Lipinski definition) is 4. The summed E-state index contributed by atoms with van der Waals surface area (Å²) >= 11 is 0. The van der Waals surface area contributed by atoms with Crippen LogP contribution in [0.2, 0.25) is 0 Å². The van der Waals surface area contributed by atoms with Crippen LogP contribution in [0.3, 0.4) is 0 Å². The highest BCUT2D eigenvalue weighted by Gasteiger charge is 2.28. The maximum Gasteiger partial charge on any atom is 0.241 e. The highest BCUT2D eigenvalue weighted by Crippen LogP contribution is 2.18. The largest absolute Gasteiger partial charge is 0.352 e. The molecule has 1 saturated carbocycles. The van der Waals surface area contributed by atoms with Gasteiger partial charge in [-0.25, -0.2) is 0 Å². The zero-order chi connectivity index (χ0) is 17.8. The molecule has 1 aromatic rings. The predicted molar refractivity (Wildman–Crippen MR) is 98.4 cm³/mol. The third-order valence-corrected chi connectivity index (χ3v) is 4.93. The van der Waals surface area contributed by atoms with Gasteiger partial charge in [-0.05, 0) is 44.4 Å². The lowest BCUT2D eigenvalue weighted by Crippen LogP contribution is -2.54. The predicted octanol–water partition coefficient (Wildman–Crippen LogP) is 1.22. The fraction of sp³-hybridized carbons (Fsp3) is 0.579. The van der Waals surface area contributed by atoms with Crippen LogP contribution in [0.5, 0.6) is 0 Å². The van der Waals surface area contributed by atoms with Gasteiger partial charge >= 0.3 is 0 Å². The number of amides is 2. The van der Waals surface area contributed by atoms with Crippen molar-refractivity contribution in [3.63, 3.8) is 0 Å². The zero-order valence-corrected chi connectivity index (χ0v) is 15.1. The normalized spacial score (nSPS) is 20.1. The summed E-state index contributed by atoms with van der Waals surface area (Å²) < 4.78 is 0. The van der Waals surface area contributed by atoms with Crippen LogP contribution in [-0.4, -0.2) is 66.4 Å². The van der Waals surface area contributed by atoms with E-state index in [0.717, 1.165) is 50.3 Å². The zero-order valence-electron chi connectivity index (χ0n) is 15.1. The molecule has 1 heterocycles. The minimum absolute atomic E-state index is 0.0190. The summed E-state index contributed by atoms with van der Waals surface area (Å²) in [5.41, 5.74) is 1.97. The van der Waals surface area contributed by atoms with Crippen LogP contribution >= 0.6 is 0 Å². The van der Waals surface area contributed by atoms with E-state index in [0.29, 0.717) is 12.6 Å². The van der Waals surface area contributed by atoms with Crippen molar-refractivity contribution in [1.82, 2.24) is 15.1 Å². The van der Waals surface area contributed by atoms with E-state index in [-0.39, 0.29) is 17.9 Å². The van der Waals surface area contributed by atoms with Gasteiger partial charge in [0.15, 0.2) is 0 Å². The van der Waals surface area contributed by atoms with Crippen LogP contribution in [0.15, 0.2) is 24.3 Å². The van der Waals surface area contributed by atoms with Gasteiger partial charge < -0.3 is 10.6 Å². The quantitative estimate of drug-likeness (QED) is 0.814. The van der Waals surface area contributed by atoms with E-state index in [2.05, 4.69) is 20.4 Å². The Morgan fingerprint density at radius 3 is 2.56 bits per heavy atom. The Hall–Kier alpha value is -1.92. The number of nitrogens with zero attached hydrogens (tertiary/aromatic N) is 2. The van der Waals surface area contributed by atoms with Crippen LogP contribution in [0, 0.1) is 6.92 Å². The third kappa shape index (κ3) is 5.28. The Bertz CT molecular complexity index is 622. The maximum atomic E-state index is 12.5. The number of carbonyl (C=O) groups excluding carboxylic acids is 2. The molecule has 1 aliphatic carbocycles. The molecular weight excluding hydrogens is 316 g/mol. The van der Waals surface area contributed by atoms with E-state index in [1.807, 2.05) is 38.1 Å². The number of anilines is 1. The summed E-state index contributed by atoms with van der Waals surface area (Å²) in [6.45, 7) is 7.67. The molecule has 0 bridgehead atoms. The average molecular weight is 344 g/mol. The van der Waals surface area contributed by atoms with Gasteiger partial charge in [0.2, 0.25) is 11.8 Å². The number of hydrogen-bond donors (Lipinski definition) is 2. The molecule has 1 aliphatic heterocycles. The van der Waals surface area contributed by atoms with Crippen LogP contribution in [0.1, 0.15) is 25.3 Å². The Morgan fingerprint density at radius 2 is 1.92 bits per heavy atom. The Labute approximate surface area is 149 Å². The molecule has 0 aromatic heterocycles. The number of rotatable bonds is 6. The van der Waals surface area contributed by atoms with E-state index in [4.69, 9.17) is 0 Å². The summed E-state index contributed by atoms with van der Waals surface area (Å²) in [7, 11) is 0. The molecule has 0 unspecified atom stereocenters.